The van der Waals surface area contributed by atoms with Crippen molar-refractivity contribution >= 4 is 27.5 Å². The second-order valence-corrected chi connectivity index (χ2v) is 5.22. The maximum atomic E-state index is 13.3. The number of aliphatic hydroxyl groups is 1. The largest absolute Gasteiger partial charge is 0.497 e. The van der Waals surface area contributed by atoms with Gasteiger partial charge in [-0.25, -0.2) is 4.39 Å². The molecule has 0 aliphatic carbocycles. The Morgan fingerprint density at radius 1 is 1.21 bits per heavy atom. The van der Waals surface area contributed by atoms with Gasteiger partial charge in [0, 0.05) is 15.6 Å². The van der Waals surface area contributed by atoms with E-state index < -0.39 is 11.9 Å². The number of hydrogen-bond donors (Lipinski definition) is 1. The SMILES string of the molecule is COc1ccc(C(O)c2cc(F)ccc2Br)c(Cl)c1. The van der Waals surface area contributed by atoms with Crippen LogP contribution in [0.3, 0.4) is 0 Å². The van der Waals surface area contributed by atoms with Gasteiger partial charge in [-0.1, -0.05) is 33.6 Å². The van der Waals surface area contributed by atoms with E-state index in [0.29, 0.717) is 26.4 Å². The molecule has 2 rings (SSSR count). The van der Waals surface area contributed by atoms with Gasteiger partial charge in [-0.3, -0.25) is 0 Å². The molecule has 0 aromatic heterocycles. The zero-order valence-electron chi connectivity index (χ0n) is 10.0. The van der Waals surface area contributed by atoms with Gasteiger partial charge in [-0.05, 0) is 30.3 Å². The second-order valence-electron chi connectivity index (χ2n) is 3.96. The van der Waals surface area contributed by atoms with E-state index in [1.165, 1.54) is 19.2 Å². The third kappa shape index (κ3) is 3.08. The van der Waals surface area contributed by atoms with Gasteiger partial charge in [0.1, 0.15) is 17.7 Å². The van der Waals surface area contributed by atoms with Crippen LogP contribution in [0.15, 0.2) is 40.9 Å². The fourth-order valence-corrected chi connectivity index (χ4v) is 2.49. The summed E-state index contributed by atoms with van der Waals surface area (Å²) in [4.78, 5) is 0. The summed E-state index contributed by atoms with van der Waals surface area (Å²) in [6, 6.07) is 9.09. The molecule has 0 saturated carbocycles. The fourth-order valence-electron chi connectivity index (χ4n) is 1.75. The monoisotopic (exact) mass is 344 g/mol. The van der Waals surface area contributed by atoms with Crippen LogP contribution in [-0.4, -0.2) is 12.2 Å². The molecule has 19 heavy (non-hydrogen) atoms. The van der Waals surface area contributed by atoms with Crippen molar-refractivity contribution in [1.29, 1.82) is 0 Å². The Hall–Kier alpha value is -1.10. The summed E-state index contributed by atoms with van der Waals surface area (Å²) in [6.45, 7) is 0. The second kappa shape index (κ2) is 5.90. The Bertz CT molecular complexity index is 604. The molecule has 5 heteroatoms. The van der Waals surface area contributed by atoms with Crippen LogP contribution in [0.25, 0.3) is 0 Å². The fraction of sp³-hybridized carbons (Fsp3) is 0.143. The third-order valence-corrected chi connectivity index (χ3v) is 3.80. The van der Waals surface area contributed by atoms with E-state index in [2.05, 4.69) is 15.9 Å². The van der Waals surface area contributed by atoms with Crippen molar-refractivity contribution in [2.45, 2.75) is 6.10 Å². The highest BCUT2D eigenvalue weighted by molar-refractivity contribution is 9.10. The van der Waals surface area contributed by atoms with Crippen LogP contribution >= 0.6 is 27.5 Å². The first-order valence-electron chi connectivity index (χ1n) is 5.49. The quantitative estimate of drug-likeness (QED) is 0.897. The van der Waals surface area contributed by atoms with Crippen molar-refractivity contribution in [3.05, 3.63) is 62.8 Å². The molecule has 100 valence electrons. The molecule has 0 aliphatic heterocycles. The topological polar surface area (TPSA) is 29.5 Å². The summed E-state index contributed by atoms with van der Waals surface area (Å²) < 4.78 is 18.9. The lowest BCUT2D eigenvalue weighted by Gasteiger charge is -2.15. The van der Waals surface area contributed by atoms with E-state index in [1.807, 2.05) is 0 Å². The van der Waals surface area contributed by atoms with Crippen LogP contribution in [0.1, 0.15) is 17.2 Å². The number of rotatable bonds is 3. The standard InChI is InChI=1S/C14H11BrClFO2/c1-19-9-3-4-10(13(16)7-9)14(18)11-6-8(17)2-5-12(11)15/h2-7,14,18H,1H3. The maximum Gasteiger partial charge on any atom is 0.123 e. The maximum absolute atomic E-state index is 13.3. The predicted molar refractivity (Wildman–Crippen MR) is 76.2 cm³/mol. The van der Waals surface area contributed by atoms with Crippen molar-refractivity contribution in [2.75, 3.05) is 7.11 Å². The summed E-state index contributed by atoms with van der Waals surface area (Å²) in [7, 11) is 1.53. The number of methoxy groups -OCH3 is 1. The Morgan fingerprint density at radius 2 is 1.95 bits per heavy atom. The number of halogens is 3. The van der Waals surface area contributed by atoms with E-state index in [4.69, 9.17) is 16.3 Å². The van der Waals surface area contributed by atoms with Crippen LogP contribution in [0.2, 0.25) is 5.02 Å². The molecule has 0 fully saturated rings. The smallest absolute Gasteiger partial charge is 0.123 e. The molecule has 0 spiro atoms. The van der Waals surface area contributed by atoms with Crippen molar-refractivity contribution in [3.8, 4) is 5.75 Å². The molecule has 0 aliphatic rings. The van der Waals surface area contributed by atoms with Gasteiger partial charge >= 0.3 is 0 Å². The zero-order chi connectivity index (χ0) is 14.0. The molecule has 0 amide bonds. The Labute approximate surface area is 123 Å². The number of aliphatic hydroxyl groups excluding tert-OH is 1. The van der Waals surface area contributed by atoms with E-state index in [0.717, 1.165) is 0 Å². The Balaban J connectivity index is 2.43. The third-order valence-electron chi connectivity index (χ3n) is 2.75. The van der Waals surface area contributed by atoms with Gasteiger partial charge in [-0.15, -0.1) is 0 Å². The molecule has 0 bridgehead atoms. The summed E-state index contributed by atoms with van der Waals surface area (Å²) in [5.41, 5.74) is 0.917. The average molecular weight is 346 g/mol. The average Bonchev–Trinajstić information content (AvgIpc) is 2.40. The first-order valence-corrected chi connectivity index (χ1v) is 6.66. The number of ether oxygens (including phenoxy) is 1. The van der Waals surface area contributed by atoms with Crippen LogP contribution in [0.4, 0.5) is 4.39 Å². The molecular weight excluding hydrogens is 335 g/mol. The lowest BCUT2D eigenvalue weighted by atomic mass is 10.0. The van der Waals surface area contributed by atoms with E-state index in [9.17, 15) is 9.50 Å². The van der Waals surface area contributed by atoms with Gasteiger partial charge in [0.25, 0.3) is 0 Å². The van der Waals surface area contributed by atoms with Gasteiger partial charge in [-0.2, -0.15) is 0 Å². The van der Waals surface area contributed by atoms with Gasteiger partial charge in [0.05, 0.1) is 12.1 Å². The summed E-state index contributed by atoms with van der Waals surface area (Å²) in [5, 5.41) is 10.7. The van der Waals surface area contributed by atoms with Crippen molar-refractivity contribution < 1.29 is 14.2 Å². The minimum atomic E-state index is -1.01. The van der Waals surface area contributed by atoms with E-state index >= 15 is 0 Å². The Kier molecular flexibility index (Phi) is 4.45. The lowest BCUT2D eigenvalue weighted by Crippen LogP contribution is -2.02. The van der Waals surface area contributed by atoms with Crippen molar-refractivity contribution in [1.82, 2.24) is 0 Å². The molecule has 2 aromatic carbocycles. The highest BCUT2D eigenvalue weighted by Crippen LogP contribution is 2.34. The zero-order valence-corrected chi connectivity index (χ0v) is 12.4. The van der Waals surface area contributed by atoms with Gasteiger partial charge in [0.15, 0.2) is 0 Å². The molecule has 0 radical (unpaired) electrons. The molecule has 1 unspecified atom stereocenters. The molecule has 2 nitrogen and oxygen atoms in total. The normalized spacial score (nSPS) is 12.3. The summed E-state index contributed by atoms with van der Waals surface area (Å²) in [5.74, 6) is 0.182. The number of hydrogen-bond acceptors (Lipinski definition) is 2. The van der Waals surface area contributed by atoms with Crippen LogP contribution < -0.4 is 4.74 Å². The first kappa shape index (κ1) is 14.3. The molecule has 0 heterocycles. The number of benzene rings is 2. The minimum Gasteiger partial charge on any atom is -0.497 e. The first-order chi connectivity index (χ1) is 9.02. The molecular formula is C14H11BrClFO2. The van der Waals surface area contributed by atoms with E-state index in [1.54, 1.807) is 24.3 Å². The molecule has 1 N–H and O–H groups in total. The predicted octanol–water partition coefficient (Wildman–Crippen LogP) is 4.33. The van der Waals surface area contributed by atoms with Crippen molar-refractivity contribution in [3.63, 3.8) is 0 Å². The molecule has 0 saturated heterocycles. The lowest BCUT2D eigenvalue weighted by molar-refractivity contribution is 0.219. The summed E-state index contributed by atoms with van der Waals surface area (Å²) >= 11 is 9.38. The minimum absolute atomic E-state index is 0.364. The van der Waals surface area contributed by atoms with Crippen LogP contribution in [0.5, 0.6) is 5.75 Å². The summed E-state index contributed by atoms with van der Waals surface area (Å²) in [6.07, 6.45) is -1.01. The van der Waals surface area contributed by atoms with Crippen LogP contribution in [-0.2, 0) is 0 Å². The van der Waals surface area contributed by atoms with Crippen LogP contribution in [0, 0.1) is 5.82 Å². The van der Waals surface area contributed by atoms with Gasteiger partial charge < -0.3 is 9.84 Å². The Morgan fingerprint density at radius 3 is 2.58 bits per heavy atom. The highest BCUT2D eigenvalue weighted by Gasteiger charge is 2.17. The highest BCUT2D eigenvalue weighted by atomic mass is 79.9. The molecule has 1 atom stereocenters. The van der Waals surface area contributed by atoms with E-state index in [-0.39, 0.29) is 0 Å². The van der Waals surface area contributed by atoms with Gasteiger partial charge in [0.2, 0.25) is 0 Å². The molecule has 2 aromatic rings. The van der Waals surface area contributed by atoms with Crippen molar-refractivity contribution in [2.24, 2.45) is 0 Å².